The maximum atomic E-state index is 12.7. The van der Waals surface area contributed by atoms with Crippen molar-refractivity contribution in [2.75, 3.05) is 0 Å². The van der Waals surface area contributed by atoms with E-state index < -0.39 is 17.2 Å². The van der Waals surface area contributed by atoms with Crippen molar-refractivity contribution in [3.05, 3.63) is 35.4 Å². The molecule has 0 aliphatic carbocycles. The minimum Gasteiger partial charge on any atom is -0.325 e. The molecule has 0 spiro atoms. The highest BCUT2D eigenvalue weighted by atomic mass is 19.1. The van der Waals surface area contributed by atoms with Gasteiger partial charge < -0.3 is 5.73 Å². The number of rotatable bonds is 2. The van der Waals surface area contributed by atoms with Crippen molar-refractivity contribution in [2.45, 2.75) is 25.8 Å². The van der Waals surface area contributed by atoms with E-state index in [2.05, 4.69) is 0 Å². The quantitative estimate of drug-likeness (QED) is 0.751. The molecule has 0 aliphatic heterocycles. The summed E-state index contributed by atoms with van der Waals surface area (Å²) in [6.45, 7) is 3.63. The van der Waals surface area contributed by atoms with Crippen molar-refractivity contribution in [1.29, 1.82) is 0 Å². The highest BCUT2D eigenvalue weighted by Crippen LogP contribution is 2.13. The number of halogens is 2. The van der Waals surface area contributed by atoms with E-state index in [-0.39, 0.29) is 0 Å². The van der Waals surface area contributed by atoms with E-state index in [9.17, 15) is 8.78 Å². The Labute approximate surface area is 76.6 Å². The largest absolute Gasteiger partial charge is 0.325 e. The van der Waals surface area contributed by atoms with Crippen LogP contribution in [0.1, 0.15) is 19.4 Å². The van der Waals surface area contributed by atoms with Crippen LogP contribution >= 0.6 is 0 Å². The highest BCUT2D eigenvalue weighted by molar-refractivity contribution is 5.19. The first-order valence-corrected chi connectivity index (χ1v) is 4.11. The smallest absolute Gasteiger partial charge is 0.126 e. The first-order valence-electron chi connectivity index (χ1n) is 4.11. The molecule has 1 nitrogen and oxygen atoms in total. The molecular weight excluding hydrogens is 172 g/mol. The van der Waals surface area contributed by atoms with Crippen molar-refractivity contribution in [2.24, 2.45) is 5.73 Å². The van der Waals surface area contributed by atoms with Gasteiger partial charge in [-0.25, -0.2) is 8.78 Å². The molecule has 0 heterocycles. The fourth-order valence-corrected chi connectivity index (χ4v) is 1.24. The van der Waals surface area contributed by atoms with Gasteiger partial charge in [0.2, 0.25) is 0 Å². The second-order valence-electron chi connectivity index (χ2n) is 3.94. The first-order chi connectivity index (χ1) is 5.87. The lowest BCUT2D eigenvalue weighted by Gasteiger charge is -2.18. The second-order valence-corrected chi connectivity index (χ2v) is 3.94. The third-order valence-corrected chi connectivity index (χ3v) is 1.58. The minimum atomic E-state index is -0.556. The average molecular weight is 185 g/mol. The van der Waals surface area contributed by atoms with Gasteiger partial charge >= 0.3 is 0 Å². The molecule has 0 unspecified atom stereocenters. The zero-order valence-corrected chi connectivity index (χ0v) is 7.77. The molecule has 0 saturated carbocycles. The van der Waals surface area contributed by atoms with Crippen LogP contribution in [-0.2, 0) is 6.42 Å². The summed E-state index contributed by atoms with van der Waals surface area (Å²) in [4.78, 5) is 0. The van der Waals surface area contributed by atoms with E-state index in [0.717, 1.165) is 6.07 Å². The molecule has 0 fully saturated rings. The van der Waals surface area contributed by atoms with Crippen molar-refractivity contribution >= 4 is 0 Å². The molecule has 13 heavy (non-hydrogen) atoms. The lowest BCUT2D eigenvalue weighted by atomic mass is 9.96. The van der Waals surface area contributed by atoms with Crippen molar-refractivity contribution < 1.29 is 8.78 Å². The predicted octanol–water partition coefficient (Wildman–Crippen LogP) is 2.24. The molecule has 1 rings (SSSR count). The van der Waals surface area contributed by atoms with E-state index in [4.69, 9.17) is 5.73 Å². The summed E-state index contributed by atoms with van der Waals surface area (Å²) in [6.07, 6.45) is 0.460. The summed E-state index contributed by atoms with van der Waals surface area (Å²) >= 11 is 0. The molecule has 0 aliphatic rings. The van der Waals surface area contributed by atoms with Crippen LogP contribution in [0, 0.1) is 11.6 Å². The van der Waals surface area contributed by atoms with Gasteiger partial charge in [0.25, 0.3) is 0 Å². The fourth-order valence-electron chi connectivity index (χ4n) is 1.24. The van der Waals surface area contributed by atoms with Gasteiger partial charge in [0.15, 0.2) is 0 Å². The maximum Gasteiger partial charge on any atom is 0.126 e. The van der Waals surface area contributed by atoms with Gasteiger partial charge in [-0.15, -0.1) is 0 Å². The predicted molar refractivity (Wildman–Crippen MR) is 48.3 cm³/mol. The van der Waals surface area contributed by atoms with Crippen LogP contribution in [0.25, 0.3) is 0 Å². The van der Waals surface area contributed by atoms with Gasteiger partial charge in [-0.1, -0.05) is 0 Å². The van der Waals surface area contributed by atoms with Crippen molar-refractivity contribution in [3.63, 3.8) is 0 Å². The summed E-state index contributed by atoms with van der Waals surface area (Å²) in [5.74, 6) is -1.11. The van der Waals surface area contributed by atoms with Gasteiger partial charge in [0.1, 0.15) is 11.6 Å². The first kappa shape index (κ1) is 10.1. The lowest BCUT2D eigenvalue weighted by molar-refractivity contribution is 0.509. The van der Waals surface area contributed by atoms with Gasteiger partial charge in [-0.3, -0.25) is 0 Å². The van der Waals surface area contributed by atoms with Crippen molar-refractivity contribution in [3.8, 4) is 0 Å². The third-order valence-electron chi connectivity index (χ3n) is 1.58. The Morgan fingerprint density at radius 1 is 1.15 bits per heavy atom. The summed E-state index contributed by atoms with van der Waals surface area (Å²) in [7, 11) is 0. The Kier molecular flexibility index (Phi) is 2.66. The Morgan fingerprint density at radius 3 is 2.00 bits per heavy atom. The van der Waals surface area contributed by atoms with Crippen LogP contribution in [-0.4, -0.2) is 5.54 Å². The van der Waals surface area contributed by atoms with E-state index in [1.807, 2.05) is 13.8 Å². The molecule has 0 amide bonds. The molecule has 72 valence electrons. The van der Waals surface area contributed by atoms with Crippen LogP contribution in [0.2, 0.25) is 0 Å². The van der Waals surface area contributed by atoms with E-state index >= 15 is 0 Å². The molecule has 2 N–H and O–H groups in total. The molecule has 0 aromatic heterocycles. The van der Waals surface area contributed by atoms with Crippen molar-refractivity contribution in [1.82, 2.24) is 0 Å². The molecule has 0 atom stereocenters. The van der Waals surface area contributed by atoms with Crippen LogP contribution in [0.15, 0.2) is 18.2 Å². The maximum absolute atomic E-state index is 12.7. The summed E-state index contributed by atoms with van der Waals surface area (Å²) in [5.41, 5.74) is 5.87. The molecule has 3 heteroatoms. The minimum absolute atomic E-state index is 0.444. The molecule has 1 aromatic carbocycles. The Morgan fingerprint density at radius 2 is 1.62 bits per heavy atom. The standard InChI is InChI=1S/C10H13F2N/c1-10(2,13)6-7-3-8(11)5-9(12)4-7/h3-5H,6,13H2,1-2H3. The molecule has 1 aromatic rings. The molecule has 0 saturated heterocycles. The highest BCUT2D eigenvalue weighted by Gasteiger charge is 2.12. The topological polar surface area (TPSA) is 26.0 Å². The number of hydrogen-bond acceptors (Lipinski definition) is 1. The van der Waals surface area contributed by atoms with Gasteiger partial charge in [0.05, 0.1) is 0 Å². The second kappa shape index (κ2) is 3.42. The number of hydrogen-bond donors (Lipinski definition) is 1. The van der Waals surface area contributed by atoms with E-state index in [1.165, 1.54) is 12.1 Å². The Balaban J connectivity index is 2.90. The SMILES string of the molecule is CC(C)(N)Cc1cc(F)cc(F)c1. The molecule has 0 radical (unpaired) electrons. The number of nitrogens with two attached hydrogens (primary N) is 1. The van der Waals surface area contributed by atoms with Crippen LogP contribution in [0.4, 0.5) is 8.78 Å². The van der Waals surface area contributed by atoms with E-state index in [0.29, 0.717) is 12.0 Å². The van der Waals surface area contributed by atoms with Crippen LogP contribution in [0.5, 0.6) is 0 Å². The third kappa shape index (κ3) is 3.51. The monoisotopic (exact) mass is 185 g/mol. The summed E-state index contributed by atoms with van der Waals surface area (Å²) < 4.78 is 25.4. The number of benzene rings is 1. The van der Waals surface area contributed by atoms with Gasteiger partial charge in [0, 0.05) is 11.6 Å². The fraction of sp³-hybridized carbons (Fsp3) is 0.400. The average Bonchev–Trinajstić information content (AvgIpc) is 1.78. The lowest BCUT2D eigenvalue weighted by Crippen LogP contribution is -2.34. The Hall–Kier alpha value is -0.960. The van der Waals surface area contributed by atoms with Crippen LogP contribution < -0.4 is 5.73 Å². The summed E-state index contributed by atoms with van der Waals surface area (Å²) in [5, 5.41) is 0. The summed E-state index contributed by atoms with van der Waals surface area (Å²) in [6, 6.07) is 3.46. The molecule has 0 bridgehead atoms. The van der Waals surface area contributed by atoms with Crippen LogP contribution in [0.3, 0.4) is 0 Å². The molecular formula is C10H13F2N. The zero-order valence-electron chi connectivity index (χ0n) is 7.77. The van der Waals surface area contributed by atoms with E-state index in [1.54, 1.807) is 0 Å². The zero-order chi connectivity index (χ0) is 10.1. The normalized spacial score (nSPS) is 11.8. The Bertz CT molecular complexity index is 282. The van der Waals surface area contributed by atoms with Gasteiger partial charge in [-0.2, -0.15) is 0 Å². The van der Waals surface area contributed by atoms with Gasteiger partial charge in [-0.05, 0) is 38.0 Å².